The molecule has 1 aliphatic rings. The zero-order valence-corrected chi connectivity index (χ0v) is 18.2. The first kappa shape index (κ1) is 21.2. The Hall–Kier alpha value is -3.09. The van der Waals surface area contributed by atoms with Gasteiger partial charge in [-0.3, -0.25) is 4.57 Å². The summed E-state index contributed by atoms with van der Waals surface area (Å²) in [5.74, 6) is -0.0434. The predicted molar refractivity (Wildman–Crippen MR) is 117 cm³/mol. The Morgan fingerprint density at radius 2 is 1.90 bits per heavy atom. The van der Waals surface area contributed by atoms with Crippen molar-refractivity contribution in [1.29, 1.82) is 0 Å². The van der Waals surface area contributed by atoms with Crippen LogP contribution in [0.3, 0.4) is 0 Å². The molecule has 0 aliphatic carbocycles. The number of amides is 1. The number of aromatic nitrogens is 2. The normalized spacial score (nSPS) is 16.6. The van der Waals surface area contributed by atoms with Crippen LogP contribution in [0.2, 0.25) is 0 Å². The number of carbonyl (C=O) groups is 1. The van der Waals surface area contributed by atoms with E-state index in [-0.39, 0.29) is 17.8 Å². The lowest BCUT2D eigenvalue weighted by Gasteiger charge is -2.24. The van der Waals surface area contributed by atoms with Crippen LogP contribution in [0.15, 0.2) is 48.5 Å². The Kier molecular flexibility index (Phi) is 5.85. The van der Waals surface area contributed by atoms with E-state index in [1.165, 1.54) is 12.1 Å². The van der Waals surface area contributed by atoms with Crippen LogP contribution < -0.4 is 4.74 Å². The number of hydrogen-bond donors (Lipinski definition) is 0. The highest BCUT2D eigenvalue weighted by Gasteiger charge is 2.30. The molecule has 31 heavy (non-hydrogen) atoms. The molecule has 1 amide bonds. The van der Waals surface area contributed by atoms with Gasteiger partial charge in [0.1, 0.15) is 11.4 Å². The van der Waals surface area contributed by atoms with Crippen molar-refractivity contribution in [3.63, 3.8) is 0 Å². The van der Waals surface area contributed by atoms with Crippen molar-refractivity contribution in [1.82, 2.24) is 14.5 Å². The van der Waals surface area contributed by atoms with Gasteiger partial charge in [0.25, 0.3) is 6.01 Å². The number of carbonyl (C=O) groups excluding carboxylic acids is 1. The van der Waals surface area contributed by atoms with Gasteiger partial charge in [-0.05, 0) is 57.0 Å². The number of para-hydroxylation sites is 2. The van der Waals surface area contributed by atoms with Gasteiger partial charge in [0.15, 0.2) is 0 Å². The quantitative estimate of drug-likeness (QED) is 0.586. The Balaban J connectivity index is 1.45. The van der Waals surface area contributed by atoms with Crippen molar-refractivity contribution < 1.29 is 18.7 Å². The van der Waals surface area contributed by atoms with E-state index < -0.39 is 5.60 Å². The number of likely N-dealkylation sites (tertiary alicyclic amines) is 1. The predicted octanol–water partition coefficient (Wildman–Crippen LogP) is 4.86. The third-order valence-corrected chi connectivity index (χ3v) is 5.26. The molecule has 164 valence electrons. The molecular formula is C24H28FN3O3. The standard InChI is InChI=1S/C24H28FN3O3/c1-24(2,3)31-23(29)27-13-12-18(14-27)16-30-22-26-20-6-4-5-7-21(20)28(22)15-17-8-10-19(25)11-9-17/h4-11,18H,12-16H2,1-3H3. The van der Waals surface area contributed by atoms with Gasteiger partial charge in [-0.15, -0.1) is 0 Å². The number of ether oxygens (including phenoxy) is 2. The molecule has 2 heterocycles. The zero-order chi connectivity index (χ0) is 22.0. The maximum absolute atomic E-state index is 13.3. The van der Waals surface area contributed by atoms with Gasteiger partial charge in [0, 0.05) is 19.0 Å². The summed E-state index contributed by atoms with van der Waals surface area (Å²) in [7, 11) is 0. The molecule has 6 nitrogen and oxygen atoms in total. The van der Waals surface area contributed by atoms with Crippen molar-refractivity contribution in [2.24, 2.45) is 5.92 Å². The van der Waals surface area contributed by atoms with E-state index in [0.29, 0.717) is 32.3 Å². The minimum absolute atomic E-state index is 0.214. The summed E-state index contributed by atoms with van der Waals surface area (Å²) in [6.07, 6.45) is 0.579. The fraction of sp³-hybridized carbons (Fsp3) is 0.417. The molecule has 1 atom stereocenters. The summed E-state index contributed by atoms with van der Waals surface area (Å²) in [6, 6.07) is 14.8. The molecule has 2 aromatic carbocycles. The number of imidazole rings is 1. The topological polar surface area (TPSA) is 56.6 Å². The highest BCUT2D eigenvalue weighted by molar-refractivity contribution is 5.76. The summed E-state index contributed by atoms with van der Waals surface area (Å²) in [6.45, 7) is 7.87. The van der Waals surface area contributed by atoms with Crippen LogP contribution in [0, 0.1) is 11.7 Å². The molecule has 7 heteroatoms. The number of benzene rings is 2. The van der Waals surface area contributed by atoms with Crippen molar-refractivity contribution in [2.45, 2.75) is 39.3 Å². The van der Waals surface area contributed by atoms with Crippen LogP contribution in [0.4, 0.5) is 9.18 Å². The van der Waals surface area contributed by atoms with E-state index in [9.17, 15) is 9.18 Å². The van der Waals surface area contributed by atoms with Crippen molar-refractivity contribution in [2.75, 3.05) is 19.7 Å². The molecular weight excluding hydrogens is 397 g/mol. The van der Waals surface area contributed by atoms with Gasteiger partial charge >= 0.3 is 6.09 Å². The number of hydrogen-bond acceptors (Lipinski definition) is 4. The van der Waals surface area contributed by atoms with Crippen molar-refractivity contribution in [3.05, 3.63) is 59.9 Å². The first-order chi connectivity index (χ1) is 14.8. The molecule has 1 saturated heterocycles. The van der Waals surface area contributed by atoms with Crippen LogP contribution in [0.25, 0.3) is 11.0 Å². The van der Waals surface area contributed by atoms with Crippen molar-refractivity contribution >= 4 is 17.1 Å². The van der Waals surface area contributed by atoms with Gasteiger partial charge in [-0.25, -0.2) is 9.18 Å². The average molecular weight is 426 g/mol. The number of nitrogens with zero attached hydrogens (tertiary/aromatic N) is 3. The smallest absolute Gasteiger partial charge is 0.410 e. The van der Waals surface area contributed by atoms with E-state index >= 15 is 0 Å². The maximum atomic E-state index is 13.3. The minimum Gasteiger partial charge on any atom is -0.464 e. The zero-order valence-electron chi connectivity index (χ0n) is 18.2. The lowest BCUT2D eigenvalue weighted by molar-refractivity contribution is 0.0284. The first-order valence-electron chi connectivity index (χ1n) is 10.6. The molecule has 0 radical (unpaired) electrons. The Morgan fingerprint density at radius 3 is 2.65 bits per heavy atom. The molecule has 3 aromatic rings. The molecule has 0 bridgehead atoms. The molecule has 1 fully saturated rings. The van der Waals surface area contributed by atoms with Gasteiger partial charge in [-0.1, -0.05) is 24.3 Å². The lowest BCUT2D eigenvalue weighted by Crippen LogP contribution is -2.35. The summed E-state index contributed by atoms with van der Waals surface area (Å²) in [4.78, 5) is 18.7. The summed E-state index contributed by atoms with van der Waals surface area (Å²) < 4.78 is 26.9. The summed E-state index contributed by atoms with van der Waals surface area (Å²) >= 11 is 0. The molecule has 0 N–H and O–H groups in total. The van der Waals surface area contributed by atoms with Crippen LogP contribution in [-0.4, -0.2) is 45.8 Å². The second-order valence-corrected chi connectivity index (χ2v) is 8.99. The van der Waals surface area contributed by atoms with E-state index in [0.717, 1.165) is 23.0 Å². The Morgan fingerprint density at radius 1 is 1.16 bits per heavy atom. The average Bonchev–Trinajstić information content (AvgIpc) is 3.32. The van der Waals surface area contributed by atoms with Gasteiger partial charge in [0.2, 0.25) is 0 Å². The molecule has 0 saturated carbocycles. The highest BCUT2D eigenvalue weighted by atomic mass is 19.1. The Bertz CT molecular complexity index is 1060. The minimum atomic E-state index is -0.503. The monoisotopic (exact) mass is 425 g/mol. The van der Waals surface area contributed by atoms with Crippen LogP contribution in [0.5, 0.6) is 6.01 Å². The summed E-state index contributed by atoms with van der Waals surface area (Å²) in [5.41, 5.74) is 2.27. The van der Waals surface area contributed by atoms with E-state index in [1.807, 2.05) is 49.6 Å². The largest absolute Gasteiger partial charge is 0.464 e. The van der Waals surface area contributed by atoms with Crippen LogP contribution in [-0.2, 0) is 11.3 Å². The summed E-state index contributed by atoms with van der Waals surface area (Å²) in [5, 5.41) is 0. The fourth-order valence-electron chi connectivity index (χ4n) is 3.74. The molecule has 1 aromatic heterocycles. The Labute approximate surface area is 181 Å². The van der Waals surface area contributed by atoms with Gasteiger partial charge < -0.3 is 14.4 Å². The van der Waals surface area contributed by atoms with Crippen LogP contribution in [0.1, 0.15) is 32.8 Å². The van der Waals surface area contributed by atoms with Gasteiger partial charge in [0.05, 0.1) is 24.2 Å². The van der Waals surface area contributed by atoms with Crippen molar-refractivity contribution in [3.8, 4) is 6.01 Å². The third kappa shape index (κ3) is 5.16. The van der Waals surface area contributed by atoms with E-state index in [2.05, 4.69) is 4.98 Å². The molecule has 1 unspecified atom stereocenters. The molecule has 1 aliphatic heterocycles. The van der Waals surface area contributed by atoms with Crippen LogP contribution >= 0.6 is 0 Å². The van der Waals surface area contributed by atoms with Gasteiger partial charge in [-0.2, -0.15) is 4.98 Å². The van der Waals surface area contributed by atoms with E-state index in [1.54, 1.807) is 17.0 Å². The lowest BCUT2D eigenvalue weighted by atomic mass is 10.1. The second kappa shape index (κ2) is 8.57. The highest BCUT2D eigenvalue weighted by Crippen LogP contribution is 2.25. The SMILES string of the molecule is CC(C)(C)OC(=O)N1CCC(COc2nc3ccccc3n2Cc2ccc(F)cc2)C1. The second-order valence-electron chi connectivity index (χ2n) is 8.99. The third-order valence-electron chi connectivity index (χ3n) is 5.26. The first-order valence-corrected chi connectivity index (χ1v) is 10.6. The maximum Gasteiger partial charge on any atom is 0.410 e. The molecule has 0 spiro atoms. The fourth-order valence-corrected chi connectivity index (χ4v) is 3.74. The molecule has 4 rings (SSSR count). The van der Waals surface area contributed by atoms with E-state index in [4.69, 9.17) is 9.47 Å². The number of halogens is 1. The number of rotatable bonds is 5. The number of fused-ring (bicyclic) bond motifs is 1.